The number of ether oxygens (including phenoxy) is 1. The summed E-state index contributed by atoms with van der Waals surface area (Å²) in [7, 11) is 0. The van der Waals surface area contributed by atoms with Crippen molar-refractivity contribution in [1.29, 1.82) is 0 Å². The smallest absolute Gasteiger partial charge is 0.321 e. The van der Waals surface area contributed by atoms with Crippen LogP contribution in [0.25, 0.3) is 0 Å². The van der Waals surface area contributed by atoms with Crippen LogP contribution in [0.5, 0.6) is 0 Å². The Bertz CT molecular complexity index is 228. The van der Waals surface area contributed by atoms with Gasteiger partial charge < -0.3 is 13.1 Å². The maximum atomic E-state index is 10.4. The van der Waals surface area contributed by atoms with Crippen molar-refractivity contribution in [2.45, 2.75) is 12.8 Å². The highest BCUT2D eigenvalue weighted by Crippen LogP contribution is 2.14. The van der Waals surface area contributed by atoms with Gasteiger partial charge in [-0.15, -0.1) is 13.2 Å². The molecule has 0 aromatic carbocycles. The molecule has 0 atom stereocenters. The second-order valence-corrected chi connectivity index (χ2v) is 3.06. The normalized spacial score (nSPS) is 14.8. The third-order valence-electron chi connectivity index (χ3n) is 1.26. The molecule has 16 heavy (non-hydrogen) atoms. The maximum Gasteiger partial charge on any atom is 0.321 e. The average molecular weight is 246 g/mol. The molecule has 0 aromatic heterocycles. The van der Waals surface area contributed by atoms with E-state index in [1.807, 2.05) is 0 Å². The van der Waals surface area contributed by atoms with E-state index in [0.717, 1.165) is 0 Å². The second kappa shape index (κ2) is 10.3. The Balaban J connectivity index is 0.000000293. The van der Waals surface area contributed by atoms with E-state index in [1.54, 1.807) is 12.2 Å². The van der Waals surface area contributed by atoms with Crippen LogP contribution >= 0.6 is 12.3 Å². The summed E-state index contributed by atoms with van der Waals surface area (Å²) in [5, 5.41) is 0. The Morgan fingerprint density at radius 1 is 1.12 bits per heavy atom. The summed E-state index contributed by atoms with van der Waals surface area (Å²) in [5.41, 5.74) is 0. The van der Waals surface area contributed by atoms with Crippen LogP contribution in [0, 0.1) is 0 Å². The average Bonchev–Trinajstić information content (AvgIpc) is 2.45. The van der Waals surface area contributed by atoms with E-state index in [-0.39, 0.29) is 12.8 Å². The molecule has 1 rings (SSSR count). The minimum atomic E-state index is -0.411. The van der Waals surface area contributed by atoms with E-state index >= 15 is 0 Å². The number of hydrogen-bond donors (Lipinski definition) is 0. The van der Waals surface area contributed by atoms with Crippen LogP contribution in [0.1, 0.15) is 12.8 Å². The Morgan fingerprint density at radius 2 is 1.56 bits per heavy atom. The molecular formula is C10H14O5S. The van der Waals surface area contributed by atoms with Crippen molar-refractivity contribution in [3.05, 3.63) is 25.3 Å². The highest BCUT2D eigenvalue weighted by atomic mass is 32.2. The van der Waals surface area contributed by atoms with E-state index in [4.69, 9.17) is 4.74 Å². The van der Waals surface area contributed by atoms with Gasteiger partial charge >= 0.3 is 11.9 Å². The van der Waals surface area contributed by atoms with Crippen molar-refractivity contribution < 1.29 is 22.7 Å². The largest absolute Gasteiger partial charge is 0.373 e. The minimum Gasteiger partial charge on any atom is -0.373 e. The molecule has 0 unspecified atom stereocenters. The molecule has 0 aliphatic carbocycles. The van der Waals surface area contributed by atoms with Gasteiger partial charge in [-0.1, -0.05) is 12.2 Å². The van der Waals surface area contributed by atoms with Crippen LogP contribution in [0.2, 0.25) is 0 Å². The summed E-state index contributed by atoms with van der Waals surface area (Å²) in [5.74, 6) is -0.822. The van der Waals surface area contributed by atoms with Crippen molar-refractivity contribution in [3.8, 4) is 0 Å². The third-order valence-corrected chi connectivity index (χ3v) is 1.77. The summed E-state index contributed by atoms with van der Waals surface area (Å²) in [6.45, 7) is 8.18. The van der Waals surface area contributed by atoms with Crippen LogP contribution in [-0.4, -0.2) is 25.2 Å². The van der Waals surface area contributed by atoms with Gasteiger partial charge in [-0.05, 0) is 0 Å². The predicted octanol–water partition coefficient (Wildman–Crippen LogP) is 1.80. The number of hydrogen-bond acceptors (Lipinski definition) is 6. The van der Waals surface area contributed by atoms with Crippen molar-refractivity contribution >= 4 is 24.3 Å². The predicted molar refractivity (Wildman–Crippen MR) is 60.2 cm³/mol. The molecule has 0 saturated carbocycles. The van der Waals surface area contributed by atoms with Gasteiger partial charge in [0.25, 0.3) is 12.3 Å². The zero-order chi connectivity index (χ0) is 12.2. The molecule has 6 heteroatoms. The molecule has 90 valence electrons. The molecule has 1 saturated heterocycles. The topological polar surface area (TPSA) is 61.8 Å². The van der Waals surface area contributed by atoms with E-state index in [0.29, 0.717) is 25.5 Å². The molecule has 0 spiro atoms. The first-order chi connectivity index (χ1) is 7.70. The summed E-state index contributed by atoms with van der Waals surface area (Å²) in [4.78, 5) is 20.7. The Kier molecular flexibility index (Phi) is 9.44. The minimum absolute atomic E-state index is 0.117. The lowest BCUT2D eigenvalue weighted by Crippen LogP contribution is -1.97. The fourth-order valence-electron chi connectivity index (χ4n) is 0.615. The Labute approximate surface area is 98.8 Å². The molecule has 0 N–H and O–H groups in total. The summed E-state index contributed by atoms with van der Waals surface area (Å²) in [6, 6.07) is 0. The van der Waals surface area contributed by atoms with Gasteiger partial charge in [-0.3, -0.25) is 9.59 Å². The molecule has 0 radical (unpaired) electrons. The van der Waals surface area contributed by atoms with Gasteiger partial charge in [0.1, 0.15) is 0 Å². The first-order valence-corrected chi connectivity index (χ1v) is 5.23. The first kappa shape index (κ1) is 14.7. The number of carbonyl (C=O) groups excluding carboxylic acids is 2. The Morgan fingerprint density at radius 3 is 1.94 bits per heavy atom. The summed E-state index contributed by atoms with van der Waals surface area (Å²) in [6.07, 6.45) is 3.66. The first-order valence-electron chi connectivity index (χ1n) is 4.57. The lowest BCUT2D eigenvalue weighted by molar-refractivity contribution is -0.135. The summed E-state index contributed by atoms with van der Waals surface area (Å²) < 4.78 is 13.5. The number of carbonyl (C=O) groups is 2. The van der Waals surface area contributed by atoms with Crippen LogP contribution in [0.4, 0.5) is 0 Å². The molecule has 1 aliphatic rings. The van der Waals surface area contributed by atoms with Crippen LogP contribution < -0.4 is 0 Å². The van der Waals surface area contributed by atoms with Crippen molar-refractivity contribution in [1.82, 2.24) is 0 Å². The van der Waals surface area contributed by atoms with Gasteiger partial charge in [0.05, 0.1) is 26.1 Å². The van der Waals surface area contributed by atoms with Gasteiger partial charge in [0.2, 0.25) is 0 Å². The van der Waals surface area contributed by atoms with Crippen molar-refractivity contribution in [2.75, 3.05) is 13.2 Å². The van der Waals surface area contributed by atoms with Crippen molar-refractivity contribution in [2.24, 2.45) is 0 Å². The van der Waals surface area contributed by atoms with E-state index in [9.17, 15) is 9.59 Å². The molecule has 1 aliphatic heterocycles. The summed E-state index contributed by atoms with van der Waals surface area (Å²) >= 11 is 0.433. The monoisotopic (exact) mass is 246 g/mol. The molecule has 1 fully saturated rings. The fourth-order valence-corrected chi connectivity index (χ4v) is 0.968. The van der Waals surface area contributed by atoms with E-state index < -0.39 is 11.9 Å². The second-order valence-electron chi connectivity index (χ2n) is 2.59. The highest BCUT2D eigenvalue weighted by Gasteiger charge is 2.15. The zero-order valence-corrected chi connectivity index (χ0v) is 9.66. The van der Waals surface area contributed by atoms with Gasteiger partial charge in [0, 0.05) is 0 Å². The SMILES string of the molecule is C=CCOCC=C.O=C1CCC(=O)OSO1. The Hall–Kier alpha value is -1.27. The van der Waals surface area contributed by atoms with Gasteiger partial charge in [-0.25, -0.2) is 0 Å². The third kappa shape index (κ3) is 9.29. The van der Waals surface area contributed by atoms with Crippen LogP contribution in [0.15, 0.2) is 25.3 Å². The van der Waals surface area contributed by atoms with E-state index in [2.05, 4.69) is 21.5 Å². The van der Waals surface area contributed by atoms with Crippen molar-refractivity contribution in [3.63, 3.8) is 0 Å². The standard InChI is InChI=1S/C6H10O.C4H4O4S/c1-3-5-7-6-4-2;5-3-1-2-4(6)8-9-7-3/h3-4H,1-2,5-6H2;1-2H2. The quantitative estimate of drug-likeness (QED) is 0.428. The van der Waals surface area contributed by atoms with Crippen LogP contribution in [-0.2, 0) is 22.7 Å². The molecule has 1 heterocycles. The molecule has 5 nitrogen and oxygen atoms in total. The lowest BCUT2D eigenvalue weighted by Gasteiger charge is -1.90. The maximum absolute atomic E-state index is 10.4. The lowest BCUT2D eigenvalue weighted by atomic mass is 10.3. The highest BCUT2D eigenvalue weighted by molar-refractivity contribution is 7.90. The molecular weight excluding hydrogens is 232 g/mol. The van der Waals surface area contributed by atoms with E-state index in [1.165, 1.54) is 0 Å². The van der Waals surface area contributed by atoms with Gasteiger partial charge in [-0.2, -0.15) is 0 Å². The molecule has 0 aromatic rings. The fraction of sp³-hybridized carbons (Fsp3) is 0.400. The van der Waals surface area contributed by atoms with Gasteiger partial charge in [0.15, 0.2) is 0 Å². The van der Waals surface area contributed by atoms with Crippen LogP contribution in [0.3, 0.4) is 0 Å². The number of rotatable bonds is 4. The molecule has 0 bridgehead atoms. The molecule has 0 amide bonds. The zero-order valence-electron chi connectivity index (χ0n) is 8.85.